The lowest BCUT2D eigenvalue weighted by molar-refractivity contribution is 0.0696. The average Bonchev–Trinajstić information content (AvgIpc) is 2.39. The molecule has 0 saturated heterocycles. The maximum Gasteiger partial charge on any atom is 0.337 e. The highest BCUT2D eigenvalue weighted by Gasteiger charge is 2.06. The van der Waals surface area contributed by atoms with Gasteiger partial charge in [0.05, 0.1) is 12.7 Å². The second-order valence-corrected chi connectivity index (χ2v) is 4.16. The van der Waals surface area contributed by atoms with Crippen molar-refractivity contribution in [2.45, 2.75) is 10.2 Å². The molecule has 0 aliphatic rings. The number of pyridine rings is 1. The van der Waals surface area contributed by atoms with Crippen LogP contribution in [0.25, 0.3) is 0 Å². The molecule has 2 heterocycles. The van der Waals surface area contributed by atoms with Crippen molar-refractivity contribution in [3.05, 3.63) is 36.2 Å². The maximum absolute atomic E-state index is 10.7. The van der Waals surface area contributed by atoms with Gasteiger partial charge in [-0.2, -0.15) is 4.98 Å². The van der Waals surface area contributed by atoms with Crippen molar-refractivity contribution < 1.29 is 14.6 Å². The lowest BCUT2D eigenvalue weighted by Gasteiger charge is -2.01. The first kappa shape index (κ1) is 12.3. The van der Waals surface area contributed by atoms with Gasteiger partial charge in [0.2, 0.25) is 5.88 Å². The zero-order valence-electron chi connectivity index (χ0n) is 9.40. The molecule has 92 valence electrons. The molecule has 0 bridgehead atoms. The number of nitrogens with zero attached hydrogens (tertiary/aromatic N) is 3. The highest BCUT2D eigenvalue weighted by atomic mass is 32.2. The molecule has 0 amide bonds. The van der Waals surface area contributed by atoms with Crippen molar-refractivity contribution in [3.8, 4) is 5.88 Å². The first-order valence-electron chi connectivity index (χ1n) is 4.93. The van der Waals surface area contributed by atoms with Gasteiger partial charge in [-0.15, -0.1) is 0 Å². The predicted molar refractivity (Wildman–Crippen MR) is 63.9 cm³/mol. The Labute approximate surface area is 107 Å². The van der Waals surface area contributed by atoms with Crippen molar-refractivity contribution in [3.63, 3.8) is 0 Å². The van der Waals surface area contributed by atoms with Gasteiger partial charge in [0.1, 0.15) is 5.03 Å². The standard InChI is InChI=1S/C11H9N3O3S/c1-17-8-4-5-12-11(14-8)18-9-3-2-7(6-13-9)10(15)16/h2-6H,1H3,(H,15,16). The average molecular weight is 263 g/mol. The van der Waals surface area contributed by atoms with Crippen molar-refractivity contribution >= 4 is 17.7 Å². The summed E-state index contributed by atoms with van der Waals surface area (Å²) in [4.78, 5) is 22.9. The fourth-order valence-electron chi connectivity index (χ4n) is 1.15. The van der Waals surface area contributed by atoms with Crippen molar-refractivity contribution in [1.29, 1.82) is 0 Å². The summed E-state index contributed by atoms with van der Waals surface area (Å²) in [5, 5.41) is 9.86. The fourth-order valence-corrected chi connectivity index (χ4v) is 1.83. The number of hydrogen-bond acceptors (Lipinski definition) is 6. The molecule has 0 saturated carbocycles. The van der Waals surface area contributed by atoms with Crippen LogP contribution in [0.1, 0.15) is 10.4 Å². The van der Waals surface area contributed by atoms with E-state index in [4.69, 9.17) is 9.84 Å². The van der Waals surface area contributed by atoms with E-state index in [2.05, 4.69) is 15.0 Å². The highest BCUT2D eigenvalue weighted by Crippen LogP contribution is 2.23. The van der Waals surface area contributed by atoms with E-state index in [-0.39, 0.29) is 5.56 Å². The van der Waals surface area contributed by atoms with Crippen molar-refractivity contribution in [2.24, 2.45) is 0 Å². The summed E-state index contributed by atoms with van der Waals surface area (Å²) >= 11 is 1.23. The van der Waals surface area contributed by atoms with Crippen LogP contribution < -0.4 is 4.74 Å². The van der Waals surface area contributed by atoms with E-state index < -0.39 is 5.97 Å². The lowest BCUT2D eigenvalue weighted by Crippen LogP contribution is -1.97. The number of carbonyl (C=O) groups is 1. The second kappa shape index (κ2) is 5.46. The number of carboxylic acid groups (broad SMARTS) is 1. The van der Waals surface area contributed by atoms with Crippen LogP contribution in [0, 0.1) is 0 Å². The van der Waals surface area contributed by atoms with Gasteiger partial charge in [0, 0.05) is 18.5 Å². The summed E-state index contributed by atoms with van der Waals surface area (Å²) < 4.78 is 4.98. The summed E-state index contributed by atoms with van der Waals surface area (Å²) in [5.41, 5.74) is 0.144. The Morgan fingerprint density at radius 3 is 2.78 bits per heavy atom. The highest BCUT2D eigenvalue weighted by molar-refractivity contribution is 7.99. The maximum atomic E-state index is 10.7. The van der Waals surface area contributed by atoms with Gasteiger partial charge in [0.25, 0.3) is 0 Å². The first-order valence-corrected chi connectivity index (χ1v) is 5.75. The molecule has 0 atom stereocenters. The second-order valence-electron chi connectivity index (χ2n) is 3.17. The topological polar surface area (TPSA) is 85.2 Å². The third-order valence-corrected chi connectivity index (χ3v) is 2.83. The van der Waals surface area contributed by atoms with Crippen LogP contribution in [-0.2, 0) is 0 Å². The Hall–Kier alpha value is -2.15. The molecule has 1 N–H and O–H groups in total. The zero-order chi connectivity index (χ0) is 13.0. The summed E-state index contributed by atoms with van der Waals surface area (Å²) in [7, 11) is 1.52. The van der Waals surface area contributed by atoms with Gasteiger partial charge >= 0.3 is 5.97 Å². The number of hydrogen-bond donors (Lipinski definition) is 1. The Kier molecular flexibility index (Phi) is 3.73. The number of aromatic carboxylic acids is 1. The van der Waals surface area contributed by atoms with Crippen LogP contribution in [0.3, 0.4) is 0 Å². The van der Waals surface area contributed by atoms with Gasteiger partial charge in [-0.05, 0) is 23.9 Å². The van der Waals surface area contributed by atoms with E-state index in [0.717, 1.165) is 0 Å². The summed E-state index contributed by atoms with van der Waals surface area (Å²) in [6.07, 6.45) is 2.88. The first-order chi connectivity index (χ1) is 8.69. The molecule has 6 nitrogen and oxygen atoms in total. The van der Waals surface area contributed by atoms with E-state index in [1.165, 1.54) is 31.1 Å². The lowest BCUT2D eigenvalue weighted by atomic mass is 10.3. The van der Waals surface area contributed by atoms with Gasteiger partial charge < -0.3 is 9.84 Å². The Bertz CT molecular complexity index is 560. The summed E-state index contributed by atoms with van der Waals surface area (Å²) in [6, 6.07) is 4.74. The predicted octanol–water partition coefficient (Wildman–Crippen LogP) is 1.73. The SMILES string of the molecule is COc1ccnc(Sc2ccc(C(=O)O)cn2)n1. The molecule has 0 aliphatic carbocycles. The van der Waals surface area contributed by atoms with Crippen molar-refractivity contribution in [1.82, 2.24) is 15.0 Å². The molecular formula is C11H9N3O3S. The number of carboxylic acids is 1. The minimum atomic E-state index is -1.00. The van der Waals surface area contributed by atoms with Crippen LogP contribution in [0.4, 0.5) is 0 Å². The summed E-state index contributed by atoms with van der Waals surface area (Å²) in [6.45, 7) is 0. The van der Waals surface area contributed by atoms with Crippen LogP contribution in [0.5, 0.6) is 5.88 Å². The van der Waals surface area contributed by atoms with Crippen LogP contribution in [-0.4, -0.2) is 33.1 Å². The molecule has 0 aromatic carbocycles. The number of methoxy groups -OCH3 is 1. The molecule has 2 rings (SSSR count). The monoisotopic (exact) mass is 263 g/mol. The van der Waals surface area contributed by atoms with E-state index >= 15 is 0 Å². The molecule has 0 spiro atoms. The van der Waals surface area contributed by atoms with Gasteiger partial charge in [0.15, 0.2) is 5.16 Å². The molecule has 0 unspecified atom stereocenters. The summed E-state index contributed by atoms with van der Waals surface area (Å²) in [5.74, 6) is -0.536. The van der Waals surface area contributed by atoms with Crippen LogP contribution in [0.15, 0.2) is 40.8 Å². The largest absolute Gasteiger partial charge is 0.481 e. The Morgan fingerprint density at radius 1 is 1.33 bits per heavy atom. The molecule has 0 radical (unpaired) electrons. The Balaban J connectivity index is 2.15. The normalized spacial score (nSPS) is 10.1. The smallest absolute Gasteiger partial charge is 0.337 e. The molecule has 2 aromatic rings. The third-order valence-electron chi connectivity index (χ3n) is 2.00. The quantitative estimate of drug-likeness (QED) is 0.840. The van der Waals surface area contributed by atoms with Gasteiger partial charge in [-0.3, -0.25) is 0 Å². The number of rotatable bonds is 4. The van der Waals surface area contributed by atoms with E-state index in [9.17, 15) is 4.79 Å². The fraction of sp³-hybridized carbons (Fsp3) is 0.0909. The van der Waals surface area contributed by atoms with Gasteiger partial charge in [-0.25, -0.2) is 14.8 Å². The van der Waals surface area contributed by atoms with E-state index in [0.29, 0.717) is 16.1 Å². The number of aromatic nitrogens is 3. The Morgan fingerprint density at radius 2 is 2.17 bits per heavy atom. The zero-order valence-corrected chi connectivity index (χ0v) is 10.2. The van der Waals surface area contributed by atoms with Crippen molar-refractivity contribution in [2.75, 3.05) is 7.11 Å². The molecule has 0 fully saturated rings. The molecule has 7 heteroatoms. The van der Waals surface area contributed by atoms with E-state index in [1.54, 1.807) is 18.3 Å². The molecular weight excluding hydrogens is 254 g/mol. The third kappa shape index (κ3) is 2.95. The van der Waals surface area contributed by atoms with E-state index in [1.807, 2.05) is 0 Å². The molecule has 0 aliphatic heterocycles. The van der Waals surface area contributed by atoms with Gasteiger partial charge in [-0.1, -0.05) is 0 Å². The number of ether oxygens (including phenoxy) is 1. The minimum Gasteiger partial charge on any atom is -0.481 e. The van der Waals surface area contributed by atoms with Crippen LogP contribution >= 0.6 is 11.8 Å². The minimum absolute atomic E-state index is 0.144. The van der Waals surface area contributed by atoms with Crippen LogP contribution in [0.2, 0.25) is 0 Å². The molecule has 2 aromatic heterocycles. The molecule has 18 heavy (non-hydrogen) atoms.